The third-order valence-electron chi connectivity index (χ3n) is 4.78. The molecule has 0 bridgehead atoms. The van der Waals surface area contributed by atoms with Crippen LogP contribution < -0.4 is 9.62 Å². The lowest BCUT2D eigenvalue weighted by molar-refractivity contribution is -0.137. The van der Waals surface area contributed by atoms with E-state index in [0.717, 1.165) is 12.6 Å². The van der Waals surface area contributed by atoms with Crippen LogP contribution in [0.1, 0.15) is 18.4 Å². The monoisotopic (exact) mass is 395 g/mol. The van der Waals surface area contributed by atoms with Gasteiger partial charge >= 0.3 is 6.18 Å². The summed E-state index contributed by atoms with van der Waals surface area (Å²) in [6.07, 6.45) is -2.32. The lowest BCUT2D eigenvalue weighted by Gasteiger charge is -2.25. The highest BCUT2D eigenvalue weighted by Gasteiger charge is 2.44. The molecule has 0 radical (unpaired) electrons. The molecule has 11 heteroatoms. The van der Waals surface area contributed by atoms with Crippen molar-refractivity contribution in [1.82, 2.24) is 9.71 Å². The zero-order chi connectivity index (χ0) is 19.0. The first-order chi connectivity index (χ1) is 12.2. The lowest BCUT2D eigenvalue weighted by atomic mass is 9.87. The lowest BCUT2D eigenvalue weighted by Crippen LogP contribution is -2.30. The number of pyridine rings is 1. The molecule has 1 unspecified atom stereocenters. The highest BCUT2D eigenvalue weighted by molar-refractivity contribution is 7.89. The molecule has 0 aromatic carbocycles. The topological polar surface area (TPSA) is 91.8 Å². The predicted octanol–water partition coefficient (Wildman–Crippen LogP) is 0.988. The summed E-state index contributed by atoms with van der Waals surface area (Å²) < 4.78 is 72.1. The van der Waals surface area contributed by atoms with Crippen LogP contribution in [0.4, 0.5) is 19.0 Å². The number of alkyl halides is 3. The van der Waals surface area contributed by atoms with Gasteiger partial charge in [0.05, 0.1) is 18.8 Å². The van der Waals surface area contributed by atoms with Gasteiger partial charge < -0.3 is 14.7 Å². The van der Waals surface area contributed by atoms with Crippen molar-refractivity contribution in [2.24, 2.45) is 5.41 Å². The Kier molecular flexibility index (Phi) is 5.17. The molecule has 146 valence electrons. The van der Waals surface area contributed by atoms with Gasteiger partial charge in [-0.15, -0.1) is 0 Å². The number of nitrogens with zero attached hydrogens (tertiary/aromatic N) is 2. The van der Waals surface area contributed by atoms with Crippen molar-refractivity contribution in [2.75, 3.05) is 44.4 Å². The van der Waals surface area contributed by atoms with Crippen molar-refractivity contribution in [1.29, 1.82) is 0 Å². The minimum Gasteiger partial charge on any atom is -0.395 e. The average Bonchev–Trinajstić information content (AvgIpc) is 3.22. The fourth-order valence-corrected chi connectivity index (χ4v) is 4.39. The van der Waals surface area contributed by atoms with E-state index in [2.05, 4.69) is 4.98 Å². The Hall–Kier alpha value is -1.43. The molecule has 7 nitrogen and oxygen atoms in total. The Balaban J connectivity index is 1.94. The number of hydrogen-bond acceptors (Lipinski definition) is 6. The second-order valence-electron chi connectivity index (χ2n) is 6.64. The van der Waals surface area contributed by atoms with Gasteiger partial charge in [-0.3, -0.25) is 0 Å². The summed E-state index contributed by atoms with van der Waals surface area (Å²) in [6.45, 7) is 1.17. The third kappa shape index (κ3) is 3.80. The Labute approximate surface area is 149 Å². The maximum Gasteiger partial charge on any atom is 0.420 e. The van der Waals surface area contributed by atoms with Crippen LogP contribution in [0.15, 0.2) is 17.2 Å². The minimum absolute atomic E-state index is 0.155. The molecule has 0 amide bonds. The molecule has 2 fully saturated rings. The van der Waals surface area contributed by atoms with Crippen LogP contribution in [0.25, 0.3) is 0 Å². The molecule has 2 aliphatic heterocycles. The molecule has 2 saturated heterocycles. The van der Waals surface area contributed by atoms with Crippen molar-refractivity contribution >= 4 is 15.8 Å². The van der Waals surface area contributed by atoms with E-state index in [1.807, 2.05) is 4.72 Å². The van der Waals surface area contributed by atoms with E-state index in [1.54, 1.807) is 4.90 Å². The standard InChI is InChI=1S/C15H20F3N3O4S/c16-15(17,18)12-7-11(26(23,24)20-3-5-22)8-19-13(12)21-4-1-14(9-21)2-6-25-10-14/h7-8,20,22H,1-6,9-10H2. The zero-order valence-corrected chi connectivity index (χ0v) is 14.7. The second-order valence-corrected chi connectivity index (χ2v) is 8.40. The number of aromatic nitrogens is 1. The smallest absolute Gasteiger partial charge is 0.395 e. The van der Waals surface area contributed by atoms with Crippen molar-refractivity contribution in [3.8, 4) is 0 Å². The van der Waals surface area contributed by atoms with Gasteiger partial charge in [0, 0.05) is 37.9 Å². The molecular weight excluding hydrogens is 375 g/mol. The SMILES string of the molecule is O=S(=O)(NCCO)c1cnc(N2CCC3(CCOC3)C2)c(C(F)(F)F)c1. The second kappa shape index (κ2) is 6.95. The summed E-state index contributed by atoms with van der Waals surface area (Å²) in [5, 5.41) is 8.71. The number of aliphatic hydroxyl groups is 1. The van der Waals surface area contributed by atoms with Crippen LogP contribution in [-0.4, -0.2) is 58.0 Å². The van der Waals surface area contributed by atoms with Crippen molar-refractivity contribution in [3.05, 3.63) is 17.8 Å². The van der Waals surface area contributed by atoms with Gasteiger partial charge in [-0.2, -0.15) is 13.2 Å². The van der Waals surface area contributed by atoms with Gasteiger partial charge in [-0.05, 0) is 18.9 Å². The Morgan fingerprint density at radius 2 is 2.15 bits per heavy atom. The van der Waals surface area contributed by atoms with Crippen LogP contribution in [0, 0.1) is 5.41 Å². The summed E-state index contributed by atoms with van der Waals surface area (Å²) in [6, 6.07) is 0.595. The van der Waals surface area contributed by atoms with E-state index in [1.165, 1.54) is 0 Å². The molecule has 0 saturated carbocycles. The van der Waals surface area contributed by atoms with E-state index in [9.17, 15) is 21.6 Å². The molecule has 1 spiro atoms. The van der Waals surface area contributed by atoms with Gasteiger partial charge in [-0.1, -0.05) is 0 Å². The molecular formula is C15H20F3N3O4S. The minimum atomic E-state index is -4.74. The van der Waals surface area contributed by atoms with Crippen LogP contribution in [0.3, 0.4) is 0 Å². The average molecular weight is 395 g/mol. The Morgan fingerprint density at radius 3 is 2.77 bits per heavy atom. The zero-order valence-electron chi connectivity index (χ0n) is 13.9. The van der Waals surface area contributed by atoms with Gasteiger partial charge in [0.2, 0.25) is 10.0 Å². The number of nitrogens with one attached hydrogen (secondary N) is 1. The van der Waals surface area contributed by atoms with E-state index in [4.69, 9.17) is 9.84 Å². The summed E-state index contributed by atoms with van der Waals surface area (Å²) in [5.74, 6) is -0.262. The van der Waals surface area contributed by atoms with Gasteiger partial charge in [-0.25, -0.2) is 18.1 Å². The Morgan fingerprint density at radius 1 is 1.38 bits per heavy atom. The van der Waals surface area contributed by atoms with E-state index in [-0.39, 0.29) is 17.8 Å². The van der Waals surface area contributed by atoms with E-state index < -0.39 is 33.3 Å². The van der Waals surface area contributed by atoms with E-state index >= 15 is 0 Å². The van der Waals surface area contributed by atoms with Crippen LogP contribution >= 0.6 is 0 Å². The summed E-state index contributed by atoms with van der Waals surface area (Å²) in [4.78, 5) is 4.81. The number of anilines is 1. The third-order valence-corrected chi connectivity index (χ3v) is 6.21. The molecule has 1 aromatic heterocycles. The molecule has 1 aromatic rings. The normalized spacial score (nSPS) is 23.9. The van der Waals surface area contributed by atoms with Crippen molar-refractivity contribution in [3.63, 3.8) is 0 Å². The van der Waals surface area contributed by atoms with Crippen LogP contribution in [0.5, 0.6) is 0 Å². The highest BCUT2D eigenvalue weighted by atomic mass is 32.2. The largest absolute Gasteiger partial charge is 0.420 e. The number of hydrogen-bond donors (Lipinski definition) is 2. The molecule has 2 aliphatic rings. The molecule has 1 atom stereocenters. The van der Waals surface area contributed by atoms with Gasteiger partial charge in [0.1, 0.15) is 10.7 Å². The fourth-order valence-electron chi connectivity index (χ4n) is 3.40. The molecule has 3 heterocycles. The summed E-state index contributed by atoms with van der Waals surface area (Å²) in [5.41, 5.74) is -1.24. The van der Waals surface area contributed by atoms with E-state index in [0.29, 0.717) is 38.8 Å². The van der Waals surface area contributed by atoms with Crippen LogP contribution in [0.2, 0.25) is 0 Å². The number of sulfonamides is 1. The number of halogens is 3. The summed E-state index contributed by atoms with van der Waals surface area (Å²) in [7, 11) is -4.18. The fraction of sp³-hybridized carbons (Fsp3) is 0.667. The van der Waals surface area contributed by atoms with Gasteiger partial charge in [0.25, 0.3) is 0 Å². The molecule has 26 heavy (non-hydrogen) atoms. The number of rotatable bonds is 5. The highest BCUT2D eigenvalue weighted by Crippen LogP contribution is 2.43. The Bertz CT molecular complexity index is 764. The first kappa shape index (κ1) is 19.3. The predicted molar refractivity (Wildman–Crippen MR) is 86.2 cm³/mol. The first-order valence-electron chi connectivity index (χ1n) is 8.17. The number of ether oxygens (including phenoxy) is 1. The quantitative estimate of drug-likeness (QED) is 0.773. The maximum atomic E-state index is 13.5. The molecule has 3 rings (SSSR count). The van der Waals surface area contributed by atoms with Crippen molar-refractivity contribution < 1.29 is 31.4 Å². The van der Waals surface area contributed by atoms with Crippen molar-refractivity contribution in [2.45, 2.75) is 23.9 Å². The first-order valence-corrected chi connectivity index (χ1v) is 9.66. The molecule has 2 N–H and O–H groups in total. The maximum absolute atomic E-state index is 13.5. The van der Waals surface area contributed by atoms with Gasteiger partial charge in [0.15, 0.2) is 0 Å². The number of aliphatic hydroxyl groups excluding tert-OH is 1. The molecule has 0 aliphatic carbocycles. The summed E-state index contributed by atoms with van der Waals surface area (Å²) >= 11 is 0. The van der Waals surface area contributed by atoms with Crippen LogP contribution in [-0.2, 0) is 20.9 Å².